The Morgan fingerprint density at radius 1 is 0.667 bits per heavy atom. The summed E-state index contributed by atoms with van der Waals surface area (Å²) >= 11 is 0. The van der Waals surface area contributed by atoms with Crippen LogP contribution in [-0.2, 0) is 18.8 Å². The van der Waals surface area contributed by atoms with Crippen LogP contribution >= 0.6 is 0 Å². The number of carboxylic acids is 1. The van der Waals surface area contributed by atoms with Gasteiger partial charge in [-0.05, 0) is 67.1 Å². The summed E-state index contributed by atoms with van der Waals surface area (Å²) in [6.45, 7) is 12.7. The first-order valence-electron chi connectivity index (χ1n) is 17.5. The van der Waals surface area contributed by atoms with E-state index in [0.29, 0.717) is 25.4 Å². The summed E-state index contributed by atoms with van der Waals surface area (Å²) in [5.74, 6) is -0.822. The molecule has 6 rings (SSSR count). The van der Waals surface area contributed by atoms with Gasteiger partial charge in [-0.1, -0.05) is 107 Å². The van der Waals surface area contributed by atoms with Crippen molar-refractivity contribution in [3.05, 3.63) is 89.5 Å². The van der Waals surface area contributed by atoms with Gasteiger partial charge in [0, 0.05) is 13.2 Å². The standard InChI is InChI=1S/2C10H13BO.C9H12BNO.C3H7NO2.C2H8N2.C2H7NO.Rf/c2*1-3-10-8-6-4-5-7-9(8)11(2)12-10;1-10-8-5-3-2-4-7(8)9(6-11)12-10;1-4-2-3(5)6;1-4-2-3;1-3-2-4;/h2*4-7,10H,3H2,1-2H3;2-5,9H,6,11H2,1H3;4H,2H2,1H3,(H,5,6);4H,2-3H2,1H3;3-4H,2H2,1H3;. The van der Waals surface area contributed by atoms with E-state index in [1.54, 1.807) is 21.1 Å². The fourth-order valence-electron chi connectivity index (χ4n) is 5.67. The second-order valence-corrected chi connectivity index (χ2v) is 11.7. The molecular weight excluding hydrogens is 898 g/mol. The Hall–Kier alpha value is -4.04. The Morgan fingerprint density at radius 2 is 0.980 bits per heavy atom. The number of nitrogens with two attached hydrogens (primary N) is 2. The molecule has 51 heavy (non-hydrogen) atoms. The van der Waals surface area contributed by atoms with Crippen LogP contribution in [0, 0.1) is 0 Å². The molecular formula is C36H60B3N5O6Rf. The molecule has 9 N–H and O–H groups in total. The maximum atomic E-state index is 9.54. The molecule has 3 atom stereocenters. The van der Waals surface area contributed by atoms with E-state index in [4.69, 9.17) is 35.6 Å². The third-order valence-corrected chi connectivity index (χ3v) is 8.09. The molecule has 3 aliphatic heterocycles. The number of rotatable bonds is 7. The molecule has 0 spiro atoms. The SMILES string of the molecule is CB1OC(CN)c2ccccc21.CCC1OB(C)c2ccccc21.CCC1OB(C)c2ccccc21.CNCC(=O)O.CNCN.CNCO.[Rf]. The van der Waals surface area contributed by atoms with Gasteiger partial charge in [0.05, 0.1) is 31.6 Å². The van der Waals surface area contributed by atoms with Crippen LogP contribution in [0.25, 0.3) is 0 Å². The van der Waals surface area contributed by atoms with Crippen molar-refractivity contribution in [3.63, 3.8) is 0 Å². The summed E-state index contributed by atoms with van der Waals surface area (Å²) < 4.78 is 17.2. The van der Waals surface area contributed by atoms with Crippen molar-refractivity contribution in [2.45, 2.75) is 65.5 Å². The van der Waals surface area contributed by atoms with E-state index in [-0.39, 0.29) is 40.1 Å². The Kier molecular flexibility index (Phi) is 24.6. The van der Waals surface area contributed by atoms with E-state index >= 15 is 0 Å². The molecule has 0 amide bonds. The minimum Gasteiger partial charge on any atom is -0.480 e. The maximum absolute atomic E-state index is 9.54. The summed E-state index contributed by atoms with van der Waals surface area (Å²) in [7, 11) is 5.08. The number of likely N-dealkylation sites (N-methyl/N-ethyl adjacent to an activating group) is 1. The van der Waals surface area contributed by atoms with Gasteiger partial charge in [0.15, 0.2) is 0 Å². The van der Waals surface area contributed by atoms with Crippen molar-refractivity contribution >= 4 is 43.1 Å². The molecule has 276 valence electrons. The van der Waals surface area contributed by atoms with Crippen molar-refractivity contribution in [1.29, 1.82) is 0 Å². The van der Waals surface area contributed by atoms with Crippen molar-refractivity contribution in [2.75, 3.05) is 47.6 Å². The molecule has 0 saturated carbocycles. The minimum atomic E-state index is -0.822. The van der Waals surface area contributed by atoms with Gasteiger partial charge in [-0.2, -0.15) is 0 Å². The van der Waals surface area contributed by atoms with Gasteiger partial charge in [-0.25, -0.2) is 0 Å². The topological polar surface area (TPSA) is 173 Å². The number of benzene rings is 3. The Morgan fingerprint density at radius 3 is 1.22 bits per heavy atom. The predicted octanol–water partition coefficient (Wildman–Crippen LogP) is 2.11. The molecule has 0 radical (unpaired) electrons. The summed E-state index contributed by atoms with van der Waals surface area (Å²) in [4.78, 5) is 9.54. The van der Waals surface area contributed by atoms with Gasteiger partial charge in [-0.3, -0.25) is 10.1 Å². The third-order valence-electron chi connectivity index (χ3n) is 8.09. The number of nitrogens with one attached hydrogen (secondary N) is 3. The van der Waals surface area contributed by atoms with Crippen molar-refractivity contribution in [3.8, 4) is 0 Å². The molecule has 11 nitrogen and oxygen atoms in total. The van der Waals surface area contributed by atoms with E-state index in [2.05, 4.69) is 111 Å². The first kappa shape index (κ1) is 47.0. The number of fused-ring (bicyclic) bond motifs is 3. The zero-order chi connectivity index (χ0) is 37.5. The fraction of sp³-hybridized carbons (Fsp3) is 0.472. The number of aliphatic hydroxyl groups excluding tert-OH is 1. The average Bonchev–Trinajstić information content (AvgIpc) is 3.78. The van der Waals surface area contributed by atoms with Gasteiger partial charge in [-0.15, -0.1) is 0 Å². The quantitative estimate of drug-likeness (QED) is 0.137. The van der Waals surface area contributed by atoms with Crippen LogP contribution in [0.5, 0.6) is 0 Å². The predicted molar refractivity (Wildman–Crippen MR) is 210 cm³/mol. The number of aliphatic carboxylic acids is 1. The maximum Gasteiger partial charge on any atom is 0.324 e. The second-order valence-electron chi connectivity index (χ2n) is 11.7. The zero-order valence-corrected chi connectivity index (χ0v) is 38.4. The number of hydrogen-bond acceptors (Lipinski definition) is 10. The summed E-state index contributed by atoms with van der Waals surface area (Å²) in [6, 6.07) is 25.3. The van der Waals surface area contributed by atoms with Crippen LogP contribution in [0.3, 0.4) is 0 Å². The smallest absolute Gasteiger partial charge is 0.324 e. The van der Waals surface area contributed by atoms with Gasteiger partial charge in [0.2, 0.25) is 0 Å². The van der Waals surface area contributed by atoms with Crippen LogP contribution in [0.2, 0.25) is 20.5 Å². The molecule has 3 aromatic rings. The first-order valence-corrected chi connectivity index (χ1v) is 17.5. The molecule has 3 aromatic carbocycles. The van der Waals surface area contributed by atoms with Gasteiger partial charge < -0.3 is 46.3 Å². The van der Waals surface area contributed by atoms with E-state index in [1.807, 2.05) is 12.1 Å². The average molecular weight is 958 g/mol. The van der Waals surface area contributed by atoms with Crippen molar-refractivity contribution < 1.29 is 29.0 Å². The van der Waals surface area contributed by atoms with E-state index in [1.165, 1.54) is 33.1 Å². The van der Waals surface area contributed by atoms with Gasteiger partial charge in [0.25, 0.3) is 0 Å². The molecule has 0 aromatic heterocycles. The monoisotopic (exact) mass is 959 g/mol. The van der Waals surface area contributed by atoms with Crippen LogP contribution in [0.1, 0.15) is 61.7 Å². The van der Waals surface area contributed by atoms with Crippen LogP contribution in [0.4, 0.5) is 0 Å². The number of aliphatic hydroxyl groups is 1. The molecule has 3 unspecified atom stereocenters. The van der Waals surface area contributed by atoms with E-state index < -0.39 is 5.97 Å². The van der Waals surface area contributed by atoms with Crippen molar-refractivity contribution in [2.24, 2.45) is 11.5 Å². The molecule has 0 aliphatic carbocycles. The first-order chi connectivity index (χ1) is 24.1. The number of hydrogen-bond donors (Lipinski definition) is 7. The molecule has 0 bridgehead atoms. The fourth-order valence-corrected chi connectivity index (χ4v) is 5.67. The second kappa shape index (κ2) is 26.7. The largest absolute Gasteiger partial charge is 0.480 e. The van der Waals surface area contributed by atoms with E-state index in [0.717, 1.165) is 12.8 Å². The molecule has 3 heterocycles. The Bertz CT molecular complexity index is 1220. The summed E-state index contributed by atoms with van der Waals surface area (Å²) in [6.07, 6.45) is 2.91. The summed E-state index contributed by atoms with van der Waals surface area (Å²) in [5.41, 5.74) is 18.5. The third kappa shape index (κ3) is 15.4. The van der Waals surface area contributed by atoms with Crippen LogP contribution in [-0.4, -0.2) is 84.6 Å². The number of carboxylic acid groups (broad SMARTS) is 1. The normalized spacial score (nSPS) is 17.1. The zero-order valence-electron chi connectivity index (χ0n) is 32.0. The Balaban J connectivity index is 0.000000619. The van der Waals surface area contributed by atoms with E-state index in [9.17, 15) is 4.79 Å². The molecule has 0 fully saturated rings. The summed E-state index contributed by atoms with van der Waals surface area (Å²) in [5, 5.41) is 23.3. The number of carbonyl (C=O) groups is 1. The minimum absolute atomic E-state index is 0. The van der Waals surface area contributed by atoms with Crippen LogP contribution < -0.4 is 43.8 Å². The van der Waals surface area contributed by atoms with Gasteiger partial charge >= 0.3 is 26.7 Å². The molecule has 0 saturated heterocycles. The molecule has 15 heteroatoms. The van der Waals surface area contributed by atoms with Crippen molar-refractivity contribution in [1.82, 2.24) is 16.0 Å². The molecule has 3 aliphatic rings. The van der Waals surface area contributed by atoms with Gasteiger partial charge in [0.1, 0.15) is 0 Å². The van der Waals surface area contributed by atoms with Crippen LogP contribution in [0.15, 0.2) is 72.8 Å². The Labute approximate surface area is 301 Å².